The zero-order valence-corrected chi connectivity index (χ0v) is 18.3. The number of morpholine rings is 1. The van der Waals surface area contributed by atoms with Gasteiger partial charge in [0.15, 0.2) is 0 Å². The number of nitrogens with zero attached hydrogens (tertiary/aromatic N) is 1. The molecule has 2 aromatic rings. The highest BCUT2D eigenvalue weighted by Gasteiger charge is 2.26. The van der Waals surface area contributed by atoms with E-state index in [-0.39, 0.29) is 35.3 Å². The van der Waals surface area contributed by atoms with Crippen LogP contribution in [0.15, 0.2) is 40.9 Å². The molecule has 2 aromatic carbocycles. The summed E-state index contributed by atoms with van der Waals surface area (Å²) in [6, 6.07) is 10.6. The smallest absolute Gasteiger partial charge is 0.255 e. The van der Waals surface area contributed by atoms with Crippen molar-refractivity contribution in [3.8, 4) is 5.75 Å². The first-order valence-electron chi connectivity index (χ1n) is 9.55. The van der Waals surface area contributed by atoms with E-state index in [0.717, 1.165) is 11.1 Å². The van der Waals surface area contributed by atoms with Crippen LogP contribution in [-0.4, -0.2) is 47.1 Å². The molecule has 154 valence electrons. The lowest BCUT2D eigenvalue weighted by Crippen LogP contribution is -2.48. The largest absolute Gasteiger partial charge is 0.506 e. The maximum atomic E-state index is 12.7. The van der Waals surface area contributed by atoms with Crippen molar-refractivity contribution in [3.63, 3.8) is 0 Å². The van der Waals surface area contributed by atoms with E-state index in [1.54, 1.807) is 24.3 Å². The Labute approximate surface area is 179 Å². The third kappa shape index (κ3) is 5.16. The van der Waals surface area contributed by atoms with Gasteiger partial charge in [0.2, 0.25) is 0 Å². The van der Waals surface area contributed by atoms with E-state index >= 15 is 0 Å². The number of rotatable bonds is 4. The average Bonchev–Trinajstić information content (AvgIpc) is 2.68. The number of phenols is 1. The van der Waals surface area contributed by atoms with Gasteiger partial charge in [-0.05, 0) is 72.1 Å². The molecule has 0 aliphatic carbocycles. The summed E-state index contributed by atoms with van der Waals surface area (Å²) in [6.45, 7) is 7.24. The third-order valence-electron chi connectivity index (χ3n) is 4.81. The second-order valence-electron chi connectivity index (χ2n) is 7.49. The molecule has 0 bridgehead atoms. The van der Waals surface area contributed by atoms with Gasteiger partial charge in [0.25, 0.3) is 11.8 Å². The molecule has 6 nitrogen and oxygen atoms in total. The van der Waals surface area contributed by atoms with Crippen molar-refractivity contribution < 1.29 is 19.4 Å². The minimum atomic E-state index is -0.358. The van der Waals surface area contributed by atoms with Gasteiger partial charge >= 0.3 is 0 Å². The maximum Gasteiger partial charge on any atom is 0.255 e. The molecule has 1 aliphatic rings. The first-order chi connectivity index (χ1) is 13.7. The molecule has 0 spiro atoms. The molecular formula is C22H25BrN2O4. The number of halogens is 1. The quantitative estimate of drug-likeness (QED) is 0.729. The third-order valence-corrected chi connectivity index (χ3v) is 5.42. The lowest BCUT2D eigenvalue weighted by molar-refractivity contribution is -0.0586. The van der Waals surface area contributed by atoms with Crippen LogP contribution in [0.2, 0.25) is 0 Å². The highest BCUT2D eigenvalue weighted by atomic mass is 79.9. The van der Waals surface area contributed by atoms with Crippen molar-refractivity contribution in [2.75, 3.05) is 13.1 Å². The lowest BCUT2D eigenvalue weighted by Gasteiger charge is -2.35. The number of hydrogen-bond donors (Lipinski definition) is 2. The van der Waals surface area contributed by atoms with Gasteiger partial charge in [-0.25, -0.2) is 0 Å². The highest BCUT2D eigenvalue weighted by Crippen LogP contribution is 2.29. The fraction of sp³-hybridized carbons (Fsp3) is 0.364. The molecule has 1 saturated heterocycles. The summed E-state index contributed by atoms with van der Waals surface area (Å²) in [5, 5.41) is 12.9. The van der Waals surface area contributed by atoms with Gasteiger partial charge in [0.1, 0.15) is 5.75 Å². The second-order valence-corrected chi connectivity index (χ2v) is 8.34. The summed E-state index contributed by atoms with van der Waals surface area (Å²) in [7, 11) is 0. The molecule has 2 N–H and O–H groups in total. The van der Waals surface area contributed by atoms with Crippen molar-refractivity contribution in [2.45, 2.75) is 39.5 Å². The molecular weight excluding hydrogens is 436 g/mol. The monoisotopic (exact) mass is 460 g/mol. The molecule has 3 rings (SSSR count). The van der Waals surface area contributed by atoms with Crippen molar-refractivity contribution in [1.29, 1.82) is 0 Å². The Balaban J connectivity index is 1.62. The fourth-order valence-corrected chi connectivity index (χ4v) is 4.05. The summed E-state index contributed by atoms with van der Waals surface area (Å²) in [5.41, 5.74) is 2.57. The summed E-state index contributed by atoms with van der Waals surface area (Å²) >= 11 is 3.25. The Morgan fingerprint density at radius 2 is 1.79 bits per heavy atom. The van der Waals surface area contributed by atoms with Crippen LogP contribution in [0.4, 0.5) is 0 Å². The van der Waals surface area contributed by atoms with E-state index in [9.17, 15) is 14.7 Å². The SMILES string of the molecule is Cc1cc(Br)c(O)c(C(=O)NCc2ccc(C(=O)N3CC(C)OC(C)C3)cc2)c1. The van der Waals surface area contributed by atoms with Crippen molar-refractivity contribution in [3.05, 3.63) is 63.1 Å². The van der Waals surface area contributed by atoms with Gasteiger partial charge in [0.05, 0.1) is 22.2 Å². The molecule has 2 amide bonds. The second kappa shape index (κ2) is 8.97. The van der Waals surface area contributed by atoms with Gasteiger partial charge < -0.3 is 20.1 Å². The van der Waals surface area contributed by atoms with Crippen LogP contribution in [0.5, 0.6) is 5.75 Å². The first kappa shape index (κ1) is 21.3. The zero-order chi connectivity index (χ0) is 21.1. The number of nitrogens with one attached hydrogen (secondary N) is 1. The van der Waals surface area contributed by atoms with E-state index in [0.29, 0.717) is 29.7 Å². The molecule has 1 fully saturated rings. The van der Waals surface area contributed by atoms with Crippen LogP contribution in [0.1, 0.15) is 45.7 Å². The number of phenolic OH excluding ortho intramolecular Hbond substituents is 1. The molecule has 0 aromatic heterocycles. The Morgan fingerprint density at radius 3 is 2.41 bits per heavy atom. The zero-order valence-electron chi connectivity index (χ0n) is 16.7. The number of benzene rings is 2. The number of aryl methyl sites for hydroxylation is 1. The van der Waals surface area contributed by atoms with E-state index < -0.39 is 0 Å². The number of hydrogen-bond acceptors (Lipinski definition) is 4. The molecule has 1 aliphatic heterocycles. The lowest BCUT2D eigenvalue weighted by atomic mass is 10.1. The number of carbonyl (C=O) groups excluding carboxylic acids is 2. The Kier molecular flexibility index (Phi) is 6.59. The van der Waals surface area contributed by atoms with E-state index in [1.807, 2.05) is 37.8 Å². The van der Waals surface area contributed by atoms with Crippen LogP contribution in [-0.2, 0) is 11.3 Å². The number of amides is 2. The molecule has 0 radical (unpaired) electrons. The predicted octanol–water partition coefficient (Wildman–Crippen LogP) is 3.64. The molecule has 7 heteroatoms. The molecule has 2 unspecified atom stereocenters. The standard InChI is InChI=1S/C22H25BrN2O4/c1-13-8-18(20(26)19(23)9-13)21(27)24-10-16-4-6-17(7-5-16)22(28)25-11-14(2)29-15(3)12-25/h4-9,14-15,26H,10-12H2,1-3H3,(H,24,27). The van der Waals surface area contributed by atoms with Gasteiger partial charge in [0, 0.05) is 25.2 Å². The minimum Gasteiger partial charge on any atom is -0.506 e. The summed E-state index contributed by atoms with van der Waals surface area (Å²) in [4.78, 5) is 27.0. The maximum absolute atomic E-state index is 12.7. The van der Waals surface area contributed by atoms with Gasteiger partial charge in [-0.1, -0.05) is 12.1 Å². The van der Waals surface area contributed by atoms with Gasteiger partial charge in [-0.15, -0.1) is 0 Å². The average molecular weight is 461 g/mol. The van der Waals surface area contributed by atoms with Crippen LogP contribution < -0.4 is 5.32 Å². The van der Waals surface area contributed by atoms with Gasteiger partial charge in [-0.3, -0.25) is 9.59 Å². The van der Waals surface area contributed by atoms with Crippen LogP contribution in [0.25, 0.3) is 0 Å². The first-order valence-corrected chi connectivity index (χ1v) is 10.3. The van der Waals surface area contributed by atoms with Crippen LogP contribution in [0.3, 0.4) is 0 Å². The summed E-state index contributed by atoms with van der Waals surface area (Å²) in [6.07, 6.45) is 0.0468. The van der Waals surface area contributed by atoms with Gasteiger partial charge in [-0.2, -0.15) is 0 Å². The highest BCUT2D eigenvalue weighted by molar-refractivity contribution is 9.10. The van der Waals surface area contributed by atoms with Crippen LogP contribution >= 0.6 is 15.9 Å². The predicted molar refractivity (Wildman–Crippen MR) is 114 cm³/mol. The fourth-order valence-electron chi connectivity index (χ4n) is 3.48. The number of carbonyl (C=O) groups is 2. The Morgan fingerprint density at radius 1 is 1.17 bits per heavy atom. The Bertz CT molecular complexity index is 904. The molecule has 2 atom stereocenters. The number of aromatic hydroxyl groups is 1. The van der Waals surface area contributed by atoms with E-state index in [2.05, 4.69) is 21.2 Å². The normalized spacial score (nSPS) is 19.1. The summed E-state index contributed by atoms with van der Waals surface area (Å²) in [5.74, 6) is -0.455. The van der Waals surface area contributed by atoms with Crippen molar-refractivity contribution in [2.24, 2.45) is 0 Å². The minimum absolute atomic E-state index is 0.0166. The molecule has 1 heterocycles. The Hall–Kier alpha value is -2.38. The topological polar surface area (TPSA) is 78.9 Å². The summed E-state index contributed by atoms with van der Waals surface area (Å²) < 4.78 is 6.16. The van der Waals surface area contributed by atoms with Crippen molar-refractivity contribution in [1.82, 2.24) is 10.2 Å². The van der Waals surface area contributed by atoms with E-state index in [4.69, 9.17) is 4.74 Å². The number of ether oxygens (including phenoxy) is 1. The molecule has 0 saturated carbocycles. The van der Waals surface area contributed by atoms with Crippen LogP contribution in [0, 0.1) is 6.92 Å². The van der Waals surface area contributed by atoms with E-state index in [1.165, 1.54) is 0 Å². The molecule has 29 heavy (non-hydrogen) atoms. The van der Waals surface area contributed by atoms with Crippen molar-refractivity contribution >= 4 is 27.7 Å².